The van der Waals surface area contributed by atoms with Crippen LogP contribution in [-0.2, 0) is 22.7 Å². The van der Waals surface area contributed by atoms with Gasteiger partial charge in [0, 0.05) is 43.6 Å². The number of piperidine rings is 1. The Morgan fingerprint density at radius 1 is 1.24 bits per heavy atom. The minimum atomic E-state index is -4.71. The first-order chi connectivity index (χ1) is 16.0. The van der Waals surface area contributed by atoms with E-state index in [9.17, 15) is 26.4 Å². The molecular formula is C19H25F3N8O3S. The van der Waals surface area contributed by atoms with Gasteiger partial charge < -0.3 is 21.3 Å². The first-order valence-corrected chi connectivity index (χ1v) is 12.1. The first kappa shape index (κ1) is 25.3. The molecule has 15 heteroatoms. The molecule has 3 rings (SSSR count). The van der Waals surface area contributed by atoms with Gasteiger partial charge in [-0.15, -0.1) is 0 Å². The number of amides is 2. The number of rotatable bonds is 8. The number of likely N-dealkylation sites (tertiary alicyclic amines) is 1. The summed E-state index contributed by atoms with van der Waals surface area (Å²) in [5.41, 5.74) is 4.53. The molecule has 11 nitrogen and oxygen atoms in total. The van der Waals surface area contributed by atoms with Gasteiger partial charge in [-0.3, -0.25) is 4.72 Å². The van der Waals surface area contributed by atoms with Crippen LogP contribution >= 0.6 is 0 Å². The Morgan fingerprint density at radius 2 is 1.94 bits per heavy atom. The molecule has 2 aromatic rings. The summed E-state index contributed by atoms with van der Waals surface area (Å²) in [5, 5.41) is 5.62. The first-order valence-electron chi connectivity index (χ1n) is 10.4. The van der Waals surface area contributed by atoms with E-state index < -0.39 is 33.6 Å². The van der Waals surface area contributed by atoms with E-state index in [1.165, 1.54) is 30.2 Å². The van der Waals surface area contributed by atoms with Crippen molar-refractivity contribution in [2.45, 2.75) is 38.5 Å². The zero-order valence-electron chi connectivity index (χ0n) is 18.3. The fourth-order valence-electron chi connectivity index (χ4n) is 3.29. The highest BCUT2D eigenvalue weighted by Gasteiger charge is 2.35. The van der Waals surface area contributed by atoms with E-state index in [0.717, 1.165) is 0 Å². The monoisotopic (exact) mass is 502 g/mol. The van der Waals surface area contributed by atoms with Crippen LogP contribution in [0.3, 0.4) is 0 Å². The highest BCUT2D eigenvalue weighted by molar-refractivity contribution is 7.92. The second-order valence-electron chi connectivity index (χ2n) is 7.57. The van der Waals surface area contributed by atoms with Crippen LogP contribution in [0.2, 0.25) is 0 Å². The number of anilines is 3. The third-order valence-electron chi connectivity index (χ3n) is 5.20. The zero-order valence-corrected chi connectivity index (χ0v) is 19.1. The molecule has 0 aromatic carbocycles. The van der Waals surface area contributed by atoms with E-state index in [-0.39, 0.29) is 30.1 Å². The number of nitrogens with one attached hydrogen (secondary N) is 3. The third kappa shape index (κ3) is 6.59. The van der Waals surface area contributed by atoms with Crippen LogP contribution in [0, 0.1) is 0 Å². The Balaban J connectivity index is 1.78. The van der Waals surface area contributed by atoms with Gasteiger partial charge in [-0.1, -0.05) is 6.07 Å². The van der Waals surface area contributed by atoms with Gasteiger partial charge in [0.15, 0.2) is 0 Å². The van der Waals surface area contributed by atoms with Gasteiger partial charge >= 0.3 is 12.2 Å². The average molecular weight is 503 g/mol. The standard InChI is InChI=1S/C19H25F3N8O3S/c1-2-34(32,33)29-15-12(4-3-7-24-15)10-25-16-14(19(20,21)22)11-26-18(28-16)27-13-5-8-30(9-6-13)17(23)31/h3-4,7,11,13H,2,5-6,8-10H2,1H3,(H2,23,31)(H,24,29)(H2,25,26,27,28). The maximum atomic E-state index is 13.5. The molecule has 1 saturated heterocycles. The quantitative estimate of drug-likeness (QED) is 0.428. The summed E-state index contributed by atoms with van der Waals surface area (Å²) in [5.74, 6) is -0.647. The molecule has 0 unspecified atom stereocenters. The predicted octanol–water partition coefficient (Wildman–Crippen LogP) is 2.22. The number of primary amides is 1. The smallest absolute Gasteiger partial charge is 0.365 e. The van der Waals surface area contributed by atoms with E-state index in [1.54, 1.807) is 0 Å². The maximum Gasteiger partial charge on any atom is 0.421 e. The molecule has 1 aliphatic heterocycles. The van der Waals surface area contributed by atoms with Crippen LogP contribution in [-0.4, -0.2) is 59.2 Å². The molecule has 34 heavy (non-hydrogen) atoms. The molecule has 3 heterocycles. The van der Waals surface area contributed by atoms with E-state index in [2.05, 4.69) is 30.3 Å². The third-order valence-corrected chi connectivity index (χ3v) is 6.47. The van der Waals surface area contributed by atoms with Crippen molar-refractivity contribution < 1.29 is 26.4 Å². The Morgan fingerprint density at radius 3 is 2.56 bits per heavy atom. The fraction of sp³-hybridized carbons (Fsp3) is 0.474. The fourth-order valence-corrected chi connectivity index (χ4v) is 3.91. The molecular weight excluding hydrogens is 477 g/mol. The lowest BCUT2D eigenvalue weighted by molar-refractivity contribution is -0.137. The van der Waals surface area contributed by atoms with E-state index in [1.807, 2.05) is 0 Å². The molecule has 2 amide bonds. The zero-order chi connectivity index (χ0) is 24.9. The van der Waals surface area contributed by atoms with E-state index >= 15 is 0 Å². The minimum absolute atomic E-state index is 0.00822. The number of hydrogen-bond donors (Lipinski definition) is 4. The molecule has 1 fully saturated rings. The molecule has 1 aliphatic rings. The topological polar surface area (TPSA) is 155 Å². The van der Waals surface area contributed by atoms with Crippen LogP contribution in [0.4, 0.5) is 35.5 Å². The van der Waals surface area contributed by atoms with Gasteiger partial charge in [0.1, 0.15) is 17.2 Å². The van der Waals surface area contributed by atoms with Crippen molar-refractivity contribution >= 4 is 33.6 Å². The van der Waals surface area contributed by atoms with Crippen molar-refractivity contribution in [3.05, 3.63) is 35.7 Å². The molecule has 2 aromatic heterocycles. The number of sulfonamides is 1. The highest BCUT2D eigenvalue weighted by Crippen LogP contribution is 2.34. The number of carbonyl (C=O) groups is 1. The minimum Gasteiger partial charge on any atom is -0.365 e. The Hall–Kier alpha value is -3.36. The number of hydrogen-bond acceptors (Lipinski definition) is 8. The number of carbonyl (C=O) groups excluding carboxylic acids is 1. The number of halogens is 3. The molecule has 0 atom stereocenters. The van der Waals surface area contributed by atoms with E-state index in [4.69, 9.17) is 5.73 Å². The average Bonchev–Trinajstić information content (AvgIpc) is 2.78. The largest absolute Gasteiger partial charge is 0.421 e. The lowest BCUT2D eigenvalue weighted by Crippen LogP contribution is -2.44. The summed E-state index contributed by atoms with van der Waals surface area (Å²) in [7, 11) is -3.63. The molecule has 0 bridgehead atoms. The van der Waals surface area contributed by atoms with Gasteiger partial charge in [0.25, 0.3) is 0 Å². The number of urea groups is 1. The molecule has 5 N–H and O–H groups in total. The molecule has 0 saturated carbocycles. The van der Waals surface area contributed by atoms with Crippen LogP contribution < -0.4 is 21.1 Å². The number of alkyl halides is 3. The van der Waals surface area contributed by atoms with Crippen LogP contribution in [0.25, 0.3) is 0 Å². The highest BCUT2D eigenvalue weighted by atomic mass is 32.2. The van der Waals surface area contributed by atoms with Gasteiger partial charge in [-0.05, 0) is 25.8 Å². The van der Waals surface area contributed by atoms with Crippen LogP contribution in [0.15, 0.2) is 24.5 Å². The summed E-state index contributed by atoms with van der Waals surface area (Å²) in [6.45, 7) is 2.10. The van der Waals surface area contributed by atoms with E-state index in [0.29, 0.717) is 37.7 Å². The maximum absolute atomic E-state index is 13.5. The summed E-state index contributed by atoms with van der Waals surface area (Å²) in [4.78, 5) is 24.5. The number of nitrogens with two attached hydrogens (primary N) is 1. The number of aromatic nitrogens is 3. The lowest BCUT2D eigenvalue weighted by Gasteiger charge is -2.31. The second-order valence-corrected chi connectivity index (χ2v) is 9.58. The summed E-state index contributed by atoms with van der Waals surface area (Å²) < 4.78 is 66.7. The summed E-state index contributed by atoms with van der Waals surface area (Å²) in [6, 6.07) is 2.41. The molecule has 186 valence electrons. The molecule has 0 radical (unpaired) electrons. The summed E-state index contributed by atoms with van der Waals surface area (Å²) in [6.07, 6.45) is -1.59. The Bertz CT molecular complexity index is 1120. The summed E-state index contributed by atoms with van der Waals surface area (Å²) >= 11 is 0. The Kier molecular flexibility index (Phi) is 7.64. The van der Waals surface area contributed by atoms with Crippen molar-refractivity contribution in [3.8, 4) is 0 Å². The number of pyridine rings is 1. The van der Waals surface area contributed by atoms with Gasteiger partial charge in [0.05, 0.1) is 5.75 Å². The molecule has 0 spiro atoms. The van der Waals surface area contributed by atoms with Crippen molar-refractivity contribution in [3.63, 3.8) is 0 Å². The van der Waals surface area contributed by atoms with Crippen LogP contribution in [0.5, 0.6) is 0 Å². The van der Waals surface area contributed by atoms with Gasteiger partial charge in [0.2, 0.25) is 16.0 Å². The lowest BCUT2D eigenvalue weighted by atomic mass is 10.1. The predicted molar refractivity (Wildman–Crippen MR) is 119 cm³/mol. The molecule has 0 aliphatic carbocycles. The van der Waals surface area contributed by atoms with Crippen molar-refractivity contribution in [1.29, 1.82) is 0 Å². The normalized spacial score (nSPS) is 15.1. The second kappa shape index (κ2) is 10.3. The number of nitrogens with zero attached hydrogens (tertiary/aromatic N) is 4. The van der Waals surface area contributed by atoms with Crippen molar-refractivity contribution in [2.24, 2.45) is 5.73 Å². The van der Waals surface area contributed by atoms with Crippen molar-refractivity contribution in [2.75, 3.05) is 34.2 Å². The SMILES string of the molecule is CCS(=O)(=O)Nc1ncccc1CNc1nc(NC2CCN(C(N)=O)CC2)ncc1C(F)(F)F. The van der Waals surface area contributed by atoms with Crippen LogP contribution in [0.1, 0.15) is 30.9 Å². The van der Waals surface area contributed by atoms with Gasteiger partial charge in [-0.2, -0.15) is 18.2 Å². The van der Waals surface area contributed by atoms with Crippen molar-refractivity contribution in [1.82, 2.24) is 19.9 Å². The Labute approximate surface area is 194 Å². The van der Waals surface area contributed by atoms with Gasteiger partial charge in [-0.25, -0.2) is 23.2 Å².